The topological polar surface area (TPSA) is 51.3 Å². The van der Waals surface area contributed by atoms with Crippen LogP contribution in [0.4, 0.5) is 0 Å². The summed E-state index contributed by atoms with van der Waals surface area (Å²) in [6.07, 6.45) is 1.80. The second-order valence-electron chi connectivity index (χ2n) is 4.26. The van der Waals surface area contributed by atoms with Crippen molar-refractivity contribution in [2.45, 2.75) is 6.67 Å². The molecule has 0 unspecified atom stereocenters. The first kappa shape index (κ1) is 12.1. The third-order valence-electron chi connectivity index (χ3n) is 2.54. The Bertz CT molecular complexity index is 574. The molecular formula is C12H14BrN3O. The van der Waals surface area contributed by atoms with Crippen molar-refractivity contribution in [1.82, 2.24) is 9.47 Å². The van der Waals surface area contributed by atoms with Crippen LogP contribution in [0.15, 0.2) is 28.9 Å². The van der Waals surface area contributed by atoms with E-state index in [9.17, 15) is 4.79 Å². The summed E-state index contributed by atoms with van der Waals surface area (Å²) in [4.78, 5) is 13.4. The minimum atomic E-state index is -0.398. The molecule has 1 aromatic carbocycles. The van der Waals surface area contributed by atoms with Crippen LogP contribution in [0.1, 0.15) is 10.4 Å². The smallest absolute Gasteiger partial charge is 0.250 e. The van der Waals surface area contributed by atoms with Crippen molar-refractivity contribution in [3.05, 3.63) is 34.4 Å². The number of fused-ring (bicyclic) bond motifs is 1. The van der Waals surface area contributed by atoms with Gasteiger partial charge in [-0.2, -0.15) is 0 Å². The Labute approximate surface area is 108 Å². The van der Waals surface area contributed by atoms with E-state index >= 15 is 0 Å². The number of rotatable bonds is 3. The van der Waals surface area contributed by atoms with Gasteiger partial charge in [0.2, 0.25) is 0 Å². The molecule has 2 aromatic rings. The Morgan fingerprint density at radius 1 is 1.47 bits per heavy atom. The number of amides is 1. The highest BCUT2D eigenvalue weighted by Gasteiger charge is 2.13. The number of hydrogen-bond acceptors (Lipinski definition) is 2. The maximum atomic E-state index is 11.4. The van der Waals surface area contributed by atoms with Gasteiger partial charge in [0.25, 0.3) is 5.91 Å². The Morgan fingerprint density at radius 3 is 2.76 bits per heavy atom. The summed E-state index contributed by atoms with van der Waals surface area (Å²) >= 11 is 3.40. The average molecular weight is 296 g/mol. The lowest BCUT2D eigenvalue weighted by atomic mass is 10.2. The van der Waals surface area contributed by atoms with Gasteiger partial charge in [0.1, 0.15) is 0 Å². The predicted octanol–water partition coefficient (Wildman–Crippen LogP) is 2.02. The van der Waals surface area contributed by atoms with Crippen molar-refractivity contribution in [2.24, 2.45) is 5.73 Å². The van der Waals surface area contributed by atoms with Crippen LogP contribution in [0.3, 0.4) is 0 Å². The van der Waals surface area contributed by atoms with Gasteiger partial charge in [-0.05, 0) is 32.3 Å². The molecule has 0 spiro atoms. The van der Waals surface area contributed by atoms with E-state index in [2.05, 4.69) is 15.9 Å². The van der Waals surface area contributed by atoms with Gasteiger partial charge in [0.05, 0.1) is 12.2 Å². The van der Waals surface area contributed by atoms with Gasteiger partial charge in [-0.3, -0.25) is 9.69 Å². The summed E-state index contributed by atoms with van der Waals surface area (Å²) in [5.41, 5.74) is 6.96. The number of carbonyl (C=O) groups is 1. The molecule has 0 bridgehead atoms. The number of nitrogens with zero attached hydrogens (tertiary/aromatic N) is 2. The quantitative estimate of drug-likeness (QED) is 0.942. The Balaban J connectivity index is 2.66. The van der Waals surface area contributed by atoms with Gasteiger partial charge in [-0.25, -0.2) is 0 Å². The first-order chi connectivity index (χ1) is 7.99. The van der Waals surface area contributed by atoms with E-state index in [1.165, 1.54) is 0 Å². The number of benzene rings is 1. The molecule has 0 atom stereocenters. The highest BCUT2D eigenvalue weighted by Crippen LogP contribution is 2.25. The van der Waals surface area contributed by atoms with E-state index < -0.39 is 5.91 Å². The Kier molecular flexibility index (Phi) is 3.22. The molecule has 4 nitrogen and oxygen atoms in total. The maximum Gasteiger partial charge on any atom is 0.250 e. The second-order valence-corrected chi connectivity index (χ2v) is 5.18. The van der Waals surface area contributed by atoms with Gasteiger partial charge in [-0.15, -0.1) is 0 Å². The predicted molar refractivity (Wildman–Crippen MR) is 71.8 cm³/mol. The SMILES string of the molecule is CN(C)Cn1cc(C(N)=O)c2cc(Br)ccc21. The Hall–Kier alpha value is -1.33. The fraction of sp³-hybridized carbons (Fsp3) is 0.250. The van der Waals surface area contributed by atoms with Crippen molar-refractivity contribution in [2.75, 3.05) is 14.1 Å². The lowest BCUT2D eigenvalue weighted by Crippen LogP contribution is -2.16. The van der Waals surface area contributed by atoms with Crippen LogP contribution in [-0.2, 0) is 6.67 Å². The van der Waals surface area contributed by atoms with Crippen LogP contribution in [0.2, 0.25) is 0 Å². The monoisotopic (exact) mass is 295 g/mol. The average Bonchev–Trinajstić information content (AvgIpc) is 2.55. The first-order valence-corrected chi connectivity index (χ1v) is 6.01. The molecule has 1 heterocycles. The van der Waals surface area contributed by atoms with Crippen LogP contribution < -0.4 is 5.73 Å². The molecule has 2 rings (SSSR count). The molecule has 17 heavy (non-hydrogen) atoms. The zero-order valence-electron chi connectivity index (χ0n) is 9.77. The summed E-state index contributed by atoms with van der Waals surface area (Å²) in [7, 11) is 3.96. The highest BCUT2D eigenvalue weighted by atomic mass is 79.9. The minimum Gasteiger partial charge on any atom is -0.366 e. The largest absolute Gasteiger partial charge is 0.366 e. The van der Waals surface area contributed by atoms with Gasteiger partial charge >= 0.3 is 0 Å². The first-order valence-electron chi connectivity index (χ1n) is 5.22. The molecule has 0 saturated carbocycles. The molecular weight excluding hydrogens is 282 g/mol. The maximum absolute atomic E-state index is 11.4. The third-order valence-corrected chi connectivity index (χ3v) is 3.04. The molecule has 0 radical (unpaired) electrons. The molecule has 0 aliphatic rings. The highest BCUT2D eigenvalue weighted by molar-refractivity contribution is 9.10. The summed E-state index contributed by atoms with van der Waals surface area (Å²) < 4.78 is 2.96. The Morgan fingerprint density at radius 2 is 2.18 bits per heavy atom. The molecule has 1 amide bonds. The molecule has 5 heteroatoms. The normalized spacial score (nSPS) is 11.3. The molecule has 0 saturated heterocycles. The van der Waals surface area contributed by atoms with Gasteiger partial charge < -0.3 is 10.3 Å². The van der Waals surface area contributed by atoms with Crippen LogP contribution in [0.5, 0.6) is 0 Å². The van der Waals surface area contributed by atoms with Gasteiger partial charge in [-0.1, -0.05) is 15.9 Å². The van der Waals surface area contributed by atoms with Crippen molar-refractivity contribution in [1.29, 1.82) is 0 Å². The van der Waals surface area contributed by atoms with Crippen molar-refractivity contribution >= 4 is 32.7 Å². The number of carbonyl (C=O) groups excluding carboxylic acids is 1. The molecule has 90 valence electrons. The number of aromatic nitrogens is 1. The van der Waals surface area contributed by atoms with Crippen LogP contribution >= 0.6 is 15.9 Å². The van der Waals surface area contributed by atoms with Crippen molar-refractivity contribution in [3.8, 4) is 0 Å². The second kappa shape index (κ2) is 4.50. The number of halogens is 1. The molecule has 0 aliphatic carbocycles. The van der Waals surface area contributed by atoms with Gasteiger partial charge in [0, 0.05) is 21.6 Å². The molecule has 2 N–H and O–H groups in total. The van der Waals surface area contributed by atoms with Gasteiger partial charge in [0.15, 0.2) is 0 Å². The molecule has 1 aromatic heterocycles. The van der Waals surface area contributed by atoms with E-state index in [-0.39, 0.29) is 0 Å². The summed E-state index contributed by atoms with van der Waals surface area (Å²) in [6, 6.07) is 5.86. The molecule has 0 fully saturated rings. The van der Waals surface area contributed by atoms with E-state index in [4.69, 9.17) is 5.73 Å². The summed E-state index contributed by atoms with van der Waals surface area (Å²) in [5, 5.41) is 0.883. The van der Waals surface area contributed by atoms with Crippen molar-refractivity contribution < 1.29 is 4.79 Å². The van der Waals surface area contributed by atoms with E-state index in [0.29, 0.717) is 12.2 Å². The lowest BCUT2D eigenvalue weighted by molar-refractivity contribution is 0.100. The van der Waals surface area contributed by atoms with Crippen LogP contribution in [0.25, 0.3) is 10.9 Å². The zero-order chi connectivity index (χ0) is 12.6. The number of primary amides is 1. The lowest BCUT2D eigenvalue weighted by Gasteiger charge is -2.11. The van der Waals surface area contributed by atoms with E-state index in [1.807, 2.05) is 41.8 Å². The zero-order valence-corrected chi connectivity index (χ0v) is 11.4. The third kappa shape index (κ3) is 2.35. The minimum absolute atomic E-state index is 0.398. The fourth-order valence-electron chi connectivity index (χ4n) is 1.89. The van der Waals surface area contributed by atoms with E-state index in [0.717, 1.165) is 15.4 Å². The van der Waals surface area contributed by atoms with Crippen LogP contribution in [-0.4, -0.2) is 29.5 Å². The van der Waals surface area contributed by atoms with Crippen LogP contribution in [0, 0.1) is 0 Å². The summed E-state index contributed by atoms with van der Waals surface area (Å²) in [6.45, 7) is 0.714. The van der Waals surface area contributed by atoms with E-state index in [1.54, 1.807) is 6.20 Å². The molecule has 0 aliphatic heterocycles. The fourth-order valence-corrected chi connectivity index (χ4v) is 2.25. The number of nitrogens with two attached hydrogens (primary N) is 1. The number of hydrogen-bond donors (Lipinski definition) is 1. The van der Waals surface area contributed by atoms with Crippen molar-refractivity contribution in [3.63, 3.8) is 0 Å². The summed E-state index contributed by atoms with van der Waals surface area (Å²) in [5.74, 6) is -0.398. The standard InChI is InChI=1S/C12H14BrN3O/c1-15(2)7-16-6-10(12(14)17)9-5-8(13)3-4-11(9)16/h3-6H,7H2,1-2H3,(H2,14,17).